The Morgan fingerprint density at radius 1 is 1.83 bits per heavy atom. The van der Waals surface area contributed by atoms with Gasteiger partial charge in [0.05, 0.1) is 0 Å². The maximum absolute atomic E-state index is 3.49. The molecule has 0 saturated carbocycles. The molecule has 0 aromatic carbocycles. The molecule has 6 heavy (non-hydrogen) atoms. The lowest BCUT2D eigenvalue weighted by Crippen LogP contribution is -2.02. The highest BCUT2D eigenvalue weighted by Gasteiger charge is 1.56. The Morgan fingerprint density at radius 2 is 2.33 bits per heavy atom. The quantitative estimate of drug-likeness (QED) is 0.496. The Bertz CT molecular complexity index is 25.1. The summed E-state index contributed by atoms with van der Waals surface area (Å²) in [6.45, 7) is 4.39. The summed E-state index contributed by atoms with van der Waals surface area (Å²) in [6.07, 6.45) is 1.82. The topological polar surface area (TPSA) is 12.0 Å². The van der Waals surface area contributed by atoms with Crippen molar-refractivity contribution in [2.24, 2.45) is 0 Å². The van der Waals surface area contributed by atoms with Gasteiger partial charge in [0.1, 0.15) is 0 Å². The van der Waals surface area contributed by atoms with Gasteiger partial charge < -0.3 is 5.32 Å². The molecule has 1 heteroatoms. The van der Waals surface area contributed by atoms with Crippen LogP contribution in [0.25, 0.3) is 0 Å². The van der Waals surface area contributed by atoms with E-state index in [2.05, 4.69) is 11.9 Å². The standard InChI is InChI=1S/C4H9N.CH4/c1-3-4-5-2;/h3,5H,1,4H2,2H3;1H4. The van der Waals surface area contributed by atoms with Crippen LogP contribution >= 0.6 is 0 Å². The first-order valence-corrected chi connectivity index (χ1v) is 1.67. The molecule has 0 fully saturated rings. The lowest BCUT2D eigenvalue weighted by atomic mass is 10.6. The van der Waals surface area contributed by atoms with Crippen molar-refractivity contribution in [1.29, 1.82) is 0 Å². The van der Waals surface area contributed by atoms with Gasteiger partial charge in [-0.25, -0.2) is 0 Å². The third-order valence-corrected chi connectivity index (χ3v) is 0.348. The maximum Gasteiger partial charge on any atom is 0.0129 e. The van der Waals surface area contributed by atoms with Crippen LogP contribution in [0.15, 0.2) is 12.7 Å². The Morgan fingerprint density at radius 3 is 2.33 bits per heavy atom. The van der Waals surface area contributed by atoms with Crippen molar-refractivity contribution in [3.63, 3.8) is 0 Å². The van der Waals surface area contributed by atoms with Gasteiger partial charge in [-0.2, -0.15) is 0 Å². The van der Waals surface area contributed by atoms with Crippen LogP contribution in [0.2, 0.25) is 0 Å². The zero-order chi connectivity index (χ0) is 4.12. The highest BCUT2D eigenvalue weighted by molar-refractivity contribution is 4.66. The minimum absolute atomic E-state index is 0. The van der Waals surface area contributed by atoms with Crippen molar-refractivity contribution in [2.75, 3.05) is 13.6 Å². The van der Waals surface area contributed by atoms with Gasteiger partial charge in [0, 0.05) is 6.54 Å². The Balaban J connectivity index is 0. The molecular weight excluding hydrogens is 74.1 g/mol. The van der Waals surface area contributed by atoms with E-state index in [4.69, 9.17) is 0 Å². The Hall–Kier alpha value is -0.300. The van der Waals surface area contributed by atoms with E-state index in [1.54, 1.807) is 0 Å². The summed E-state index contributed by atoms with van der Waals surface area (Å²) in [5.41, 5.74) is 0. The molecule has 1 N–H and O–H groups in total. The van der Waals surface area contributed by atoms with Crippen LogP contribution < -0.4 is 5.32 Å². The molecule has 0 aliphatic rings. The molecule has 0 heterocycles. The molecule has 0 bridgehead atoms. The molecule has 0 unspecified atom stereocenters. The summed E-state index contributed by atoms with van der Waals surface area (Å²) >= 11 is 0. The second-order valence-corrected chi connectivity index (χ2v) is 0.846. The van der Waals surface area contributed by atoms with Crippen LogP contribution in [-0.4, -0.2) is 13.6 Å². The zero-order valence-electron chi connectivity index (χ0n) is 3.49. The van der Waals surface area contributed by atoms with E-state index in [9.17, 15) is 0 Å². The first-order chi connectivity index (χ1) is 2.41. The van der Waals surface area contributed by atoms with Gasteiger partial charge in [0.25, 0.3) is 0 Å². The monoisotopic (exact) mass is 87.1 g/mol. The summed E-state index contributed by atoms with van der Waals surface area (Å²) in [6, 6.07) is 0. The summed E-state index contributed by atoms with van der Waals surface area (Å²) in [7, 11) is 1.89. The average Bonchev–Trinajstić information content (AvgIpc) is 1.41. The van der Waals surface area contributed by atoms with Gasteiger partial charge in [-0.05, 0) is 7.05 Å². The second kappa shape index (κ2) is 8.83. The van der Waals surface area contributed by atoms with Gasteiger partial charge in [-0.1, -0.05) is 13.5 Å². The predicted octanol–water partition coefficient (Wildman–Crippen LogP) is 1.03. The molecule has 0 aromatic rings. The molecule has 0 aliphatic carbocycles. The fraction of sp³-hybridized carbons (Fsp3) is 0.600. The smallest absolute Gasteiger partial charge is 0.0129 e. The van der Waals surface area contributed by atoms with Crippen molar-refractivity contribution >= 4 is 0 Å². The van der Waals surface area contributed by atoms with Crippen molar-refractivity contribution in [3.8, 4) is 0 Å². The molecule has 0 saturated heterocycles. The molecule has 38 valence electrons. The highest BCUT2D eigenvalue weighted by Crippen LogP contribution is 1.48. The minimum Gasteiger partial charge on any atom is -0.316 e. The molecule has 0 aromatic heterocycles. The SMILES string of the molecule is C.C=CCNC. The molecule has 0 amide bonds. The van der Waals surface area contributed by atoms with E-state index in [0.717, 1.165) is 6.54 Å². The largest absolute Gasteiger partial charge is 0.316 e. The second-order valence-electron chi connectivity index (χ2n) is 0.846. The highest BCUT2D eigenvalue weighted by atomic mass is 14.8. The minimum atomic E-state index is 0. The van der Waals surface area contributed by atoms with Crippen molar-refractivity contribution in [1.82, 2.24) is 5.32 Å². The number of likely N-dealkylation sites (N-methyl/N-ethyl adjacent to an activating group) is 1. The summed E-state index contributed by atoms with van der Waals surface area (Å²) < 4.78 is 0. The van der Waals surface area contributed by atoms with Crippen LogP contribution in [0.4, 0.5) is 0 Å². The molecule has 0 rings (SSSR count). The van der Waals surface area contributed by atoms with E-state index >= 15 is 0 Å². The molecule has 0 atom stereocenters. The van der Waals surface area contributed by atoms with Crippen molar-refractivity contribution in [3.05, 3.63) is 12.7 Å². The van der Waals surface area contributed by atoms with Crippen LogP contribution in [-0.2, 0) is 0 Å². The predicted molar refractivity (Wildman–Crippen MR) is 30.9 cm³/mol. The Kier molecular flexibility index (Phi) is 13.5. The van der Waals surface area contributed by atoms with E-state index in [0.29, 0.717) is 0 Å². The van der Waals surface area contributed by atoms with Crippen LogP contribution in [0.3, 0.4) is 0 Å². The number of hydrogen-bond donors (Lipinski definition) is 1. The first-order valence-electron chi connectivity index (χ1n) is 1.67. The average molecular weight is 87.2 g/mol. The number of rotatable bonds is 2. The third-order valence-electron chi connectivity index (χ3n) is 0.348. The zero-order valence-corrected chi connectivity index (χ0v) is 3.49. The summed E-state index contributed by atoms with van der Waals surface area (Å²) in [5, 5.41) is 2.90. The van der Waals surface area contributed by atoms with Crippen LogP contribution in [0.1, 0.15) is 7.43 Å². The van der Waals surface area contributed by atoms with Gasteiger partial charge in [-0.3, -0.25) is 0 Å². The molecule has 0 spiro atoms. The van der Waals surface area contributed by atoms with Crippen LogP contribution in [0.5, 0.6) is 0 Å². The molecule has 1 nitrogen and oxygen atoms in total. The summed E-state index contributed by atoms with van der Waals surface area (Å²) in [5.74, 6) is 0. The fourth-order valence-corrected chi connectivity index (χ4v) is 0.144. The molecular formula is C5H13N. The molecule has 0 radical (unpaired) electrons. The van der Waals surface area contributed by atoms with Crippen molar-refractivity contribution in [2.45, 2.75) is 7.43 Å². The summed E-state index contributed by atoms with van der Waals surface area (Å²) in [4.78, 5) is 0. The van der Waals surface area contributed by atoms with Gasteiger partial charge in [0.15, 0.2) is 0 Å². The number of hydrogen-bond acceptors (Lipinski definition) is 1. The lowest BCUT2D eigenvalue weighted by Gasteiger charge is -1.79. The van der Waals surface area contributed by atoms with Crippen molar-refractivity contribution < 1.29 is 0 Å². The fourth-order valence-electron chi connectivity index (χ4n) is 0.144. The molecule has 0 aliphatic heterocycles. The van der Waals surface area contributed by atoms with Crippen LogP contribution in [0, 0.1) is 0 Å². The normalized spacial score (nSPS) is 6.17. The van der Waals surface area contributed by atoms with E-state index < -0.39 is 0 Å². The van der Waals surface area contributed by atoms with E-state index in [-0.39, 0.29) is 7.43 Å². The van der Waals surface area contributed by atoms with E-state index in [1.165, 1.54) is 0 Å². The van der Waals surface area contributed by atoms with Gasteiger partial charge in [0.2, 0.25) is 0 Å². The van der Waals surface area contributed by atoms with E-state index in [1.807, 2.05) is 13.1 Å². The van der Waals surface area contributed by atoms with Gasteiger partial charge in [-0.15, -0.1) is 6.58 Å². The van der Waals surface area contributed by atoms with Gasteiger partial charge >= 0.3 is 0 Å². The number of nitrogens with one attached hydrogen (secondary N) is 1. The third kappa shape index (κ3) is 9.33. The lowest BCUT2D eigenvalue weighted by molar-refractivity contribution is 0.921. The maximum atomic E-state index is 3.49. The Labute approximate surface area is 40.1 Å². The first kappa shape index (κ1) is 9.20.